The van der Waals surface area contributed by atoms with E-state index < -0.39 is 5.97 Å². The Morgan fingerprint density at radius 2 is 2.06 bits per heavy atom. The fourth-order valence-electron chi connectivity index (χ4n) is 1.28. The first kappa shape index (κ1) is 13.2. The summed E-state index contributed by atoms with van der Waals surface area (Å²) in [5.41, 5.74) is 1.20. The van der Waals surface area contributed by atoms with Crippen molar-refractivity contribution in [1.29, 1.82) is 0 Å². The normalized spacial score (nSPS) is 12.4. The fourth-order valence-corrected chi connectivity index (χ4v) is 1.54. The average Bonchev–Trinajstić information content (AvgIpc) is 2.26. The van der Waals surface area contributed by atoms with Crippen molar-refractivity contribution < 1.29 is 9.90 Å². The molecular formula is C12H16BrNO2. The van der Waals surface area contributed by atoms with Crippen LogP contribution in [-0.4, -0.2) is 17.6 Å². The fraction of sp³-hybridized carbons (Fsp3) is 0.417. The number of hydrogen-bond acceptors (Lipinski definition) is 2. The third-order valence-electron chi connectivity index (χ3n) is 2.42. The van der Waals surface area contributed by atoms with E-state index in [1.54, 1.807) is 6.92 Å². The first-order valence-electron chi connectivity index (χ1n) is 5.27. The Morgan fingerprint density at radius 1 is 1.44 bits per heavy atom. The summed E-state index contributed by atoms with van der Waals surface area (Å²) in [6, 6.07) is 8.07. The molecule has 0 saturated carbocycles. The van der Waals surface area contributed by atoms with Crippen LogP contribution in [0.3, 0.4) is 0 Å². The summed E-state index contributed by atoms with van der Waals surface area (Å²) >= 11 is 3.38. The van der Waals surface area contributed by atoms with Crippen molar-refractivity contribution >= 4 is 21.9 Å². The van der Waals surface area contributed by atoms with Gasteiger partial charge in [0.05, 0.1) is 5.92 Å². The van der Waals surface area contributed by atoms with Crippen molar-refractivity contribution in [2.45, 2.75) is 19.9 Å². The Morgan fingerprint density at radius 3 is 2.62 bits per heavy atom. The summed E-state index contributed by atoms with van der Waals surface area (Å²) in [5.74, 6) is -1.01. The van der Waals surface area contributed by atoms with E-state index >= 15 is 0 Å². The third-order valence-corrected chi connectivity index (χ3v) is 2.95. The maximum absolute atomic E-state index is 10.6. The minimum absolute atomic E-state index is 0.280. The number of hydrogen-bond donors (Lipinski definition) is 2. The standard InChI is InChI=1S/C12H16BrNO2/c1-9(12(15)16)6-7-14-8-10-2-4-11(13)5-3-10/h2-5,9,14H,6-8H2,1H3,(H,15,16). The van der Waals surface area contributed by atoms with E-state index in [4.69, 9.17) is 5.11 Å². The van der Waals surface area contributed by atoms with Crippen molar-refractivity contribution in [3.63, 3.8) is 0 Å². The highest BCUT2D eigenvalue weighted by molar-refractivity contribution is 9.10. The summed E-state index contributed by atoms with van der Waals surface area (Å²) in [5, 5.41) is 11.9. The highest BCUT2D eigenvalue weighted by atomic mass is 79.9. The molecule has 1 aromatic carbocycles. The molecule has 3 nitrogen and oxygen atoms in total. The van der Waals surface area contributed by atoms with E-state index in [1.807, 2.05) is 24.3 Å². The number of carboxylic acid groups (broad SMARTS) is 1. The molecule has 88 valence electrons. The molecule has 1 rings (SSSR count). The van der Waals surface area contributed by atoms with Crippen LogP contribution in [0.2, 0.25) is 0 Å². The van der Waals surface area contributed by atoms with Gasteiger partial charge in [0.1, 0.15) is 0 Å². The van der Waals surface area contributed by atoms with Gasteiger partial charge in [0, 0.05) is 11.0 Å². The molecule has 0 aromatic heterocycles. The predicted octanol–water partition coefficient (Wildman–Crippen LogP) is 2.65. The zero-order valence-electron chi connectivity index (χ0n) is 9.24. The van der Waals surface area contributed by atoms with Crippen molar-refractivity contribution in [2.24, 2.45) is 5.92 Å². The zero-order valence-corrected chi connectivity index (χ0v) is 10.8. The quantitative estimate of drug-likeness (QED) is 0.790. The van der Waals surface area contributed by atoms with Crippen LogP contribution in [-0.2, 0) is 11.3 Å². The Balaban J connectivity index is 2.21. The van der Waals surface area contributed by atoms with Gasteiger partial charge < -0.3 is 10.4 Å². The number of halogens is 1. The first-order valence-corrected chi connectivity index (χ1v) is 6.07. The summed E-state index contributed by atoms with van der Waals surface area (Å²) in [4.78, 5) is 10.6. The molecular weight excluding hydrogens is 270 g/mol. The lowest BCUT2D eigenvalue weighted by Crippen LogP contribution is -2.20. The summed E-state index contributed by atoms with van der Waals surface area (Å²) in [7, 11) is 0. The first-order chi connectivity index (χ1) is 7.59. The average molecular weight is 286 g/mol. The maximum atomic E-state index is 10.6. The van der Waals surface area contributed by atoms with Crippen LogP contribution in [0.4, 0.5) is 0 Å². The smallest absolute Gasteiger partial charge is 0.306 e. The van der Waals surface area contributed by atoms with Crippen LogP contribution >= 0.6 is 15.9 Å². The van der Waals surface area contributed by atoms with Crippen LogP contribution in [0.5, 0.6) is 0 Å². The van der Waals surface area contributed by atoms with E-state index in [0.717, 1.165) is 17.6 Å². The minimum atomic E-state index is -0.731. The number of nitrogens with one attached hydrogen (secondary N) is 1. The molecule has 16 heavy (non-hydrogen) atoms. The zero-order chi connectivity index (χ0) is 12.0. The van der Waals surface area contributed by atoms with Crippen LogP contribution in [0.15, 0.2) is 28.7 Å². The van der Waals surface area contributed by atoms with E-state index in [1.165, 1.54) is 5.56 Å². The van der Waals surface area contributed by atoms with Crippen LogP contribution in [0.25, 0.3) is 0 Å². The van der Waals surface area contributed by atoms with Crippen LogP contribution in [0, 0.1) is 5.92 Å². The molecule has 2 N–H and O–H groups in total. The molecule has 0 saturated heterocycles. The van der Waals surface area contributed by atoms with Crippen molar-refractivity contribution in [3.8, 4) is 0 Å². The van der Waals surface area contributed by atoms with Gasteiger partial charge in [-0.15, -0.1) is 0 Å². The summed E-state index contributed by atoms with van der Waals surface area (Å²) < 4.78 is 1.07. The molecule has 0 amide bonds. The van der Waals surface area contributed by atoms with E-state index in [0.29, 0.717) is 6.42 Å². The number of carboxylic acids is 1. The van der Waals surface area contributed by atoms with Crippen molar-refractivity contribution in [2.75, 3.05) is 6.54 Å². The molecule has 4 heteroatoms. The van der Waals surface area contributed by atoms with Gasteiger partial charge in [-0.25, -0.2) is 0 Å². The molecule has 0 aliphatic heterocycles. The Kier molecular flexibility index (Phi) is 5.49. The molecule has 1 aromatic rings. The van der Waals surface area contributed by atoms with Gasteiger partial charge in [0.25, 0.3) is 0 Å². The molecule has 0 fully saturated rings. The van der Waals surface area contributed by atoms with Crippen LogP contribution < -0.4 is 5.32 Å². The molecule has 0 heterocycles. The van der Waals surface area contributed by atoms with Gasteiger partial charge in [-0.05, 0) is 30.7 Å². The Hall–Kier alpha value is -0.870. The predicted molar refractivity (Wildman–Crippen MR) is 67.3 cm³/mol. The lowest BCUT2D eigenvalue weighted by Gasteiger charge is -2.07. The van der Waals surface area contributed by atoms with Gasteiger partial charge in [-0.3, -0.25) is 4.79 Å². The van der Waals surface area contributed by atoms with E-state index in [9.17, 15) is 4.79 Å². The number of benzene rings is 1. The lowest BCUT2D eigenvalue weighted by atomic mass is 10.1. The topological polar surface area (TPSA) is 49.3 Å². The van der Waals surface area contributed by atoms with E-state index in [-0.39, 0.29) is 5.92 Å². The minimum Gasteiger partial charge on any atom is -0.481 e. The highest BCUT2D eigenvalue weighted by Gasteiger charge is 2.09. The highest BCUT2D eigenvalue weighted by Crippen LogP contribution is 2.10. The molecule has 0 bridgehead atoms. The number of rotatable bonds is 6. The number of carbonyl (C=O) groups is 1. The van der Waals surface area contributed by atoms with Crippen molar-refractivity contribution in [1.82, 2.24) is 5.32 Å². The van der Waals surface area contributed by atoms with Gasteiger partial charge in [-0.1, -0.05) is 35.0 Å². The second kappa shape index (κ2) is 6.66. The molecule has 1 unspecified atom stereocenters. The van der Waals surface area contributed by atoms with E-state index in [2.05, 4.69) is 21.2 Å². The largest absolute Gasteiger partial charge is 0.481 e. The van der Waals surface area contributed by atoms with Gasteiger partial charge >= 0.3 is 5.97 Å². The second-order valence-electron chi connectivity index (χ2n) is 3.83. The molecule has 0 aliphatic rings. The molecule has 0 aliphatic carbocycles. The third kappa shape index (κ3) is 4.77. The van der Waals surface area contributed by atoms with Gasteiger partial charge in [0.2, 0.25) is 0 Å². The number of aliphatic carboxylic acids is 1. The second-order valence-corrected chi connectivity index (χ2v) is 4.75. The van der Waals surface area contributed by atoms with Crippen molar-refractivity contribution in [3.05, 3.63) is 34.3 Å². The molecule has 0 spiro atoms. The molecule has 1 atom stereocenters. The Labute approximate surface area is 104 Å². The Bertz CT molecular complexity index is 337. The van der Waals surface area contributed by atoms with Gasteiger partial charge in [-0.2, -0.15) is 0 Å². The van der Waals surface area contributed by atoms with Gasteiger partial charge in [0.15, 0.2) is 0 Å². The van der Waals surface area contributed by atoms with Crippen LogP contribution in [0.1, 0.15) is 18.9 Å². The lowest BCUT2D eigenvalue weighted by molar-refractivity contribution is -0.141. The summed E-state index contributed by atoms with van der Waals surface area (Å²) in [6.07, 6.45) is 0.659. The monoisotopic (exact) mass is 285 g/mol. The summed E-state index contributed by atoms with van der Waals surface area (Å²) in [6.45, 7) is 3.23. The molecule has 0 radical (unpaired) electrons. The SMILES string of the molecule is CC(CCNCc1ccc(Br)cc1)C(=O)O. The maximum Gasteiger partial charge on any atom is 0.306 e.